The van der Waals surface area contributed by atoms with Crippen molar-refractivity contribution in [1.82, 2.24) is 9.80 Å². The Kier molecular flexibility index (Phi) is 4.97. The molecular formula is C12H25N3OS. The van der Waals surface area contributed by atoms with E-state index in [1.54, 1.807) is 0 Å². The number of nitrogens with zero attached hydrogens (tertiary/aromatic N) is 2. The molecule has 17 heavy (non-hydrogen) atoms. The van der Waals surface area contributed by atoms with Crippen LogP contribution in [0.2, 0.25) is 0 Å². The highest BCUT2D eigenvalue weighted by atomic mass is 32.2. The number of likely N-dealkylation sites (tertiary alicyclic amines) is 2. The van der Waals surface area contributed by atoms with Crippen molar-refractivity contribution in [3.05, 3.63) is 0 Å². The van der Waals surface area contributed by atoms with E-state index in [9.17, 15) is 4.21 Å². The van der Waals surface area contributed by atoms with E-state index in [0.29, 0.717) is 0 Å². The van der Waals surface area contributed by atoms with Crippen molar-refractivity contribution in [1.29, 1.82) is 0 Å². The summed E-state index contributed by atoms with van der Waals surface area (Å²) in [7, 11) is -1.11. The molecule has 2 fully saturated rings. The summed E-state index contributed by atoms with van der Waals surface area (Å²) in [5.41, 5.74) is 0. The van der Waals surface area contributed by atoms with Crippen molar-refractivity contribution in [3.63, 3.8) is 0 Å². The SMILES string of the molecule is CCN1CCC(N2CCC(S(N)=O)CC2)CC1. The first kappa shape index (κ1) is 13.5. The van der Waals surface area contributed by atoms with Gasteiger partial charge in [0.05, 0.1) is 16.2 Å². The molecule has 2 heterocycles. The van der Waals surface area contributed by atoms with Gasteiger partial charge in [-0.1, -0.05) is 6.92 Å². The molecule has 0 aromatic carbocycles. The quantitative estimate of drug-likeness (QED) is 0.805. The minimum absolute atomic E-state index is 0.238. The van der Waals surface area contributed by atoms with Gasteiger partial charge in [0.2, 0.25) is 0 Å². The smallest absolute Gasteiger partial charge is 0.0920 e. The summed E-state index contributed by atoms with van der Waals surface area (Å²) in [6.45, 7) is 8.08. The predicted octanol–water partition coefficient (Wildman–Crippen LogP) is 0.558. The average molecular weight is 259 g/mol. The fraction of sp³-hybridized carbons (Fsp3) is 1.00. The van der Waals surface area contributed by atoms with Crippen molar-refractivity contribution in [2.45, 2.75) is 43.9 Å². The molecule has 0 spiro atoms. The molecule has 2 saturated heterocycles. The van der Waals surface area contributed by atoms with Crippen molar-refractivity contribution in [3.8, 4) is 0 Å². The van der Waals surface area contributed by atoms with Gasteiger partial charge >= 0.3 is 0 Å². The summed E-state index contributed by atoms with van der Waals surface area (Å²) >= 11 is 0. The van der Waals surface area contributed by atoms with Gasteiger partial charge in [-0.05, 0) is 58.4 Å². The van der Waals surface area contributed by atoms with Crippen LogP contribution in [-0.2, 0) is 11.0 Å². The van der Waals surface area contributed by atoms with Gasteiger partial charge in [-0.15, -0.1) is 0 Å². The van der Waals surface area contributed by atoms with Gasteiger partial charge in [-0.25, -0.2) is 4.21 Å². The Balaban J connectivity index is 1.76. The Bertz CT molecular complexity index is 258. The lowest BCUT2D eigenvalue weighted by molar-refractivity contribution is 0.0960. The maximum absolute atomic E-state index is 11.2. The zero-order chi connectivity index (χ0) is 12.3. The molecule has 1 unspecified atom stereocenters. The molecule has 0 aromatic rings. The Morgan fingerprint density at radius 3 is 2.18 bits per heavy atom. The van der Waals surface area contributed by atoms with Gasteiger partial charge in [0, 0.05) is 6.04 Å². The number of rotatable bonds is 3. The van der Waals surface area contributed by atoms with Gasteiger partial charge < -0.3 is 9.80 Å². The molecule has 0 amide bonds. The summed E-state index contributed by atoms with van der Waals surface area (Å²) < 4.78 is 11.2. The molecule has 0 bridgehead atoms. The number of nitrogens with two attached hydrogens (primary N) is 1. The van der Waals surface area contributed by atoms with Crippen molar-refractivity contribution in [2.24, 2.45) is 5.14 Å². The van der Waals surface area contributed by atoms with Crippen molar-refractivity contribution in [2.75, 3.05) is 32.7 Å². The molecule has 0 aromatic heterocycles. The van der Waals surface area contributed by atoms with E-state index in [1.807, 2.05) is 0 Å². The first-order chi connectivity index (χ1) is 8.20. The van der Waals surface area contributed by atoms with E-state index in [1.165, 1.54) is 32.5 Å². The van der Waals surface area contributed by atoms with E-state index in [2.05, 4.69) is 16.7 Å². The molecular weight excluding hydrogens is 234 g/mol. The molecule has 1 atom stereocenters. The van der Waals surface area contributed by atoms with Crippen LogP contribution in [0.4, 0.5) is 0 Å². The summed E-state index contributed by atoms with van der Waals surface area (Å²) in [6.07, 6.45) is 4.61. The van der Waals surface area contributed by atoms with Gasteiger partial charge in [0.1, 0.15) is 0 Å². The molecule has 0 radical (unpaired) electrons. The van der Waals surface area contributed by atoms with Crippen LogP contribution in [0.1, 0.15) is 32.6 Å². The minimum atomic E-state index is -1.11. The molecule has 0 aliphatic carbocycles. The molecule has 2 aliphatic rings. The van der Waals surface area contributed by atoms with Crippen LogP contribution in [-0.4, -0.2) is 58.0 Å². The predicted molar refractivity (Wildman–Crippen MR) is 72.1 cm³/mol. The second-order valence-electron chi connectivity index (χ2n) is 5.23. The van der Waals surface area contributed by atoms with Crippen LogP contribution >= 0.6 is 0 Å². The van der Waals surface area contributed by atoms with Crippen molar-refractivity contribution >= 4 is 11.0 Å². The van der Waals surface area contributed by atoms with Crippen LogP contribution in [0.25, 0.3) is 0 Å². The van der Waals surface area contributed by atoms with E-state index in [4.69, 9.17) is 5.14 Å². The largest absolute Gasteiger partial charge is 0.303 e. The van der Waals surface area contributed by atoms with Gasteiger partial charge in [0.25, 0.3) is 0 Å². The Morgan fingerprint density at radius 1 is 1.12 bits per heavy atom. The lowest BCUT2D eigenvalue weighted by atomic mass is 10.00. The van der Waals surface area contributed by atoms with E-state index in [0.717, 1.165) is 32.0 Å². The molecule has 2 N–H and O–H groups in total. The molecule has 2 rings (SSSR count). The molecule has 0 saturated carbocycles. The fourth-order valence-electron chi connectivity index (χ4n) is 3.07. The van der Waals surface area contributed by atoms with Gasteiger partial charge in [-0.2, -0.15) is 0 Å². The Hall–Kier alpha value is 0.0300. The second kappa shape index (κ2) is 6.27. The highest BCUT2D eigenvalue weighted by molar-refractivity contribution is 7.83. The fourth-order valence-corrected chi connectivity index (χ4v) is 3.75. The average Bonchev–Trinajstić information content (AvgIpc) is 2.39. The standard InChI is InChI=1S/C12H25N3OS/c1-2-14-7-3-11(4-8-14)15-9-5-12(6-10-15)17(13)16/h11-12H,2-10,13H2,1H3. The summed E-state index contributed by atoms with van der Waals surface area (Å²) in [4.78, 5) is 5.12. The third-order valence-electron chi connectivity index (χ3n) is 4.33. The van der Waals surface area contributed by atoms with Gasteiger partial charge in [-0.3, -0.25) is 5.14 Å². The van der Waals surface area contributed by atoms with E-state index in [-0.39, 0.29) is 5.25 Å². The summed E-state index contributed by atoms with van der Waals surface area (Å²) in [5.74, 6) is 0. The first-order valence-corrected chi connectivity index (χ1v) is 8.09. The molecule has 5 heteroatoms. The summed E-state index contributed by atoms with van der Waals surface area (Å²) in [5, 5.41) is 5.71. The topological polar surface area (TPSA) is 49.6 Å². The maximum Gasteiger partial charge on any atom is 0.0920 e. The normalized spacial score (nSPS) is 28.4. The zero-order valence-corrected chi connectivity index (χ0v) is 11.6. The zero-order valence-electron chi connectivity index (χ0n) is 10.8. The number of hydrogen-bond acceptors (Lipinski definition) is 3. The van der Waals surface area contributed by atoms with Crippen LogP contribution in [0.3, 0.4) is 0 Å². The second-order valence-corrected chi connectivity index (χ2v) is 6.55. The monoisotopic (exact) mass is 259 g/mol. The number of piperidine rings is 2. The minimum Gasteiger partial charge on any atom is -0.303 e. The lowest BCUT2D eigenvalue weighted by Crippen LogP contribution is -2.49. The molecule has 100 valence electrons. The third kappa shape index (κ3) is 3.50. The maximum atomic E-state index is 11.2. The van der Waals surface area contributed by atoms with Crippen LogP contribution in [0, 0.1) is 0 Å². The van der Waals surface area contributed by atoms with Crippen LogP contribution in [0.15, 0.2) is 0 Å². The Labute approximate surface area is 107 Å². The van der Waals surface area contributed by atoms with E-state index < -0.39 is 11.0 Å². The number of hydrogen-bond donors (Lipinski definition) is 1. The highest BCUT2D eigenvalue weighted by Gasteiger charge is 2.28. The summed E-state index contributed by atoms with van der Waals surface area (Å²) in [6, 6.07) is 0.755. The van der Waals surface area contributed by atoms with Gasteiger partial charge in [0.15, 0.2) is 0 Å². The Morgan fingerprint density at radius 2 is 1.71 bits per heavy atom. The molecule has 4 nitrogen and oxygen atoms in total. The molecule has 2 aliphatic heterocycles. The van der Waals surface area contributed by atoms with E-state index >= 15 is 0 Å². The van der Waals surface area contributed by atoms with Crippen LogP contribution < -0.4 is 5.14 Å². The highest BCUT2D eigenvalue weighted by Crippen LogP contribution is 2.22. The third-order valence-corrected chi connectivity index (χ3v) is 5.45. The first-order valence-electron chi connectivity index (χ1n) is 6.82. The lowest BCUT2D eigenvalue weighted by Gasteiger charge is -2.41. The van der Waals surface area contributed by atoms with Crippen molar-refractivity contribution < 1.29 is 4.21 Å². The van der Waals surface area contributed by atoms with Crippen LogP contribution in [0.5, 0.6) is 0 Å².